The van der Waals surface area contributed by atoms with Crippen LogP contribution in [0.3, 0.4) is 0 Å². The molecule has 0 aromatic carbocycles. The molecule has 0 heterocycles. The minimum Gasteiger partial charge on any atom is -0.483 e. The Morgan fingerprint density at radius 1 is 1.67 bits per heavy atom. The Kier molecular flexibility index (Phi) is 5.06. The van der Waals surface area contributed by atoms with E-state index in [0.717, 1.165) is 5.70 Å². The number of rotatable bonds is 3. The zero-order chi connectivity index (χ0) is 9.56. The van der Waals surface area contributed by atoms with Gasteiger partial charge < -0.3 is 10.1 Å². The van der Waals surface area contributed by atoms with Crippen molar-refractivity contribution < 1.29 is 4.74 Å². The number of allylic oxidation sites excluding steroid dienone is 1. The van der Waals surface area contributed by atoms with Crippen LogP contribution in [0.25, 0.3) is 0 Å². The van der Waals surface area contributed by atoms with Crippen molar-refractivity contribution in [3.63, 3.8) is 0 Å². The first kappa shape index (κ1) is 10.9. The molecule has 0 rings (SSSR count). The first-order chi connectivity index (χ1) is 5.67. The lowest BCUT2D eigenvalue weighted by molar-refractivity contribution is 0.337. The van der Waals surface area contributed by atoms with Crippen LogP contribution < -0.4 is 5.32 Å². The Balaban J connectivity index is 4.59. The van der Waals surface area contributed by atoms with Crippen LogP contribution in [0, 0.1) is 11.3 Å². The van der Waals surface area contributed by atoms with Gasteiger partial charge in [-0.3, -0.25) is 0 Å². The maximum Gasteiger partial charge on any atom is 0.203 e. The first-order valence-electron chi connectivity index (χ1n) is 3.63. The van der Waals surface area contributed by atoms with E-state index in [9.17, 15) is 0 Å². The maximum atomic E-state index is 8.71. The molecule has 0 fully saturated rings. The van der Waals surface area contributed by atoms with Crippen LogP contribution in [0.5, 0.6) is 0 Å². The van der Waals surface area contributed by atoms with E-state index in [2.05, 4.69) is 5.32 Å². The van der Waals surface area contributed by atoms with Crippen molar-refractivity contribution in [2.24, 2.45) is 0 Å². The van der Waals surface area contributed by atoms with Gasteiger partial charge >= 0.3 is 0 Å². The van der Waals surface area contributed by atoms with Crippen molar-refractivity contribution in [2.75, 3.05) is 13.7 Å². The lowest BCUT2D eigenvalue weighted by Crippen LogP contribution is -2.12. The van der Waals surface area contributed by atoms with Gasteiger partial charge in [0.25, 0.3) is 0 Å². The molecule has 0 aromatic rings. The normalized spacial score (nSPS) is 11.2. The minimum absolute atomic E-state index is 0.256. The number of ether oxygens (including phenoxy) is 1. The Morgan fingerprint density at radius 3 is 2.58 bits per heavy atom. The summed E-state index contributed by atoms with van der Waals surface area (Å²) in [7, 11) is 1.74. The van der Waals surface area contributed by atoms with Crippen molar-refractivity contribution >= 4 is 17.3 Å². The van der Waals surface area contributed by atoms with Gasteiger partial charge in [0.2, 0.25) is 5.05 Å². The monoisotopic (exact) mass is 184 g/mol. The summed E-state index contributed by atoms with van der Waals surface area (Å²) in [6.07, 6.45) is 0. The summed E-state index contributed by atoms with van der Waals surface area (Å²) in [6.45, 7) is 4.10. The number of thiocarbonyl (C=S) groups is 1. The summed E-state index contributed by atoms with van der Waals surface area (Å²) in [5.74, 6) is 0. The molecule has 0 atom stereocenters. The Bertz CT molecular complexity index is 240. The van der Waals surface area contributed by atoms with Crippen molar-refractivity contribution in [3.8, 4) is 6.07 Å². The molecule has 3 nitrogen and oxygen atoms in total. The highest BCUT2D eigenvalue weighted by atomic mass is 32.1. The maximum absolute atomic E-state index is 8.71. The van der Waals surface area contributed by atoms with E-state index < -0.39 is 0 Å². The molecule has 4 heteroatoms. The molecule has 0 aromatic heterocycles. The third-order valence-corrected chi connectivity index (χ3v) is 1.66. The number of nitrogens with zero attached hydrogens (tertiary/aromatic N) is 1. The van der Waals surface area contributed by atoms with Crippen LogP contribution in [0.15, 0.2) is 11.3 Å². The topological polar surface area (TPSA) is 45.0 Å². The molecule has 12 heavy (non-hydrogen) atoms. The van der Waals surface area contributed by atoms with E-state index in [1.807, 2.05) is 13.0 Å². The third kappa shape index (κ3) is 2.89. The van der Waals surface area contributed by atoms with E-state index in [-0.39, 0.29) is 5.05 Å². The Morgan fingerprint density at radius 2 is 2.25 bits per heavy atom. The van der Waals surface area contributed by atoms with Gasteiger partial charge in [0, 0.05) is 12.7 Å². The predicted octanol–water partition coefficient (Wildman–Crippen LogP) is 1.37. The fourth-order valence-corrected chi connectivity index (χ4v) is 0.927. The predicted molar refractivity (Wildman–Crippen MR) is 51.6 cm³/mol. The molecule has 1 N–H and O–H groups in total. The number of hydrogen-bond donors (Lipinski definition) is 1. The van der Waals surface area contributed by atoms with Crippen LogP contribution in [0.2, 0.25) is 0 Å². The smallest absolute Gasteiger partial charge is 0.203 e. The van der Waals surface area contributed by atoms with E-state index in [1.54, 1.807) is 14.0 Å². The second kappa shape index (κ2) is 5.56. The van der Waals surface area contributed by atoms with Crippen LogP contribution in [0.4, 0.5) is 0 Å². The molecule has 66 valence electrons. The van der Waals surface area contributed by atoms with Crippen LogP contribution in [0.1, 0.15) is 13.8 Å². The van der Waals surface area contributed by atoms with Crippen molar-refractivity contribution in [1.82, 2.24) is 5.32 Å². The number of nitrogens with one attached hydrogen (secondary N) is 1. The van der Waals surface area contributed by atoms with E-state index in [4.69, 9.17) is 22.2 Å². The molecule has 0 aliphatic carbocycles. The van der Waals surface area contributed by atoms with Crippen LogP contribution in [-0.4, -0.2) is 18.7 Å². The van der Waals surface area contributed by atoms with Gasteiger partial charge in [-0.25, -0.2) is 0 Å². The largest absolute Gasteiger partial charge is 0.483 e. The second-order valence-corrected chi connectivity index (χ2v) is 2.45. The highest BCUT2D eigenvalue weighted by Crippen LogP contribution is 2.03. The molecule has 0 radical (unpaired) electrons. The quantitative estimate of drug-likeness (QED) is 0.409. The summed E-state index contributed by atoms with van der Waals surface area (Å²) in [5.41, 5.74) is 1.13. The molecule has 0 bridgehead atoms. The van der Waals surface area contributed by atoms with Crippen molar-refractivity contribution in [3.05, 3.63) is 11.3 Å². The van der Waals surface area contributed by atoms with E-state index in [0.29, 0.717) is 12.2 Å². The zero-order valence-electron chi connectivity index (χ0n) is 7.47. The molecule has 0 saturated carbocycles. The SMILES string of the molecule is CCOC(=S)C(C#N)=C(C)NC. The fourth-order valence-electron chi connectivity index (χ4n) is 0.611. The number of nitriles is 1. The lowest BCUT2D eigenvalue weighted by Gasteiger charge is -2.06. The fraction of sp³-hybridized carbons (Fsp3) is 0.500. The van der Waals surface area contributed by atoms with Crippen molar-refractivity contribution in [2.45, 2.75) is 13.8 Å². The average Bonchev–Trinajstić information content (AvgIpc) is 2.06. The highest BCUT2D eigenvalue weighted by Gasteiger charge is 2.07. The van der Waals surface area contributed by atoms with Crippen molar-refractivity contribution in [1.29, 1.82) is 5.26 Å². The molecule has 0 aliphatic rings. The Labute approximate surface area is 78.0 Å². The summed E-state index contributed by atoms with van der Waals surface area (Å²) in [5, 5.41) is 11.8. The van der Waals surface area contributed by atoms with Gasteiger partial charge in [0.05, 0.1) is 6.61 Å². The second-order valence-electron chi connectivity index (χ2n) is 2.08. The average molecular weight is 184 g/mol. The van der Waals surface area contributed by atoms with E-state index in [1.165, 1.54) is 0 Å². The highest BCUT2D eigenvalue weighted by molar-refractivity contribution is 7.80. The van der Waals surface area contributed by atoms with E-state index >= 15 is 0 Å². The molecule has 0 aliphatic heterocycles. The molecule has 0 spiro atoms. The van der Waals surface area contributed by atoms with Gasteiger partial charge in [-0.1, -0.05) is 0 Å². The molecular formula is C8H12N2OS. The lowest BCUT2D eigenvalue weighted by atomic mass is 10.2. The summed E-state index contributed by atoms with van der Waals surface area (Å²) in [4.78, 5) is 0. The van der Waals surface area contributed by atoms with Gasteiger partial charge in [-0.15, -0.1) is 0 Å². The van der Waals surface area contributed by atoms with Gasteiger partial charge in [0.1, 0.15) is 11.6 Å². The Hall–Kier alpha value is -1.08. The number of hydrogen-bond acceptors (Lipinski definition) is 4. The molecule has 0 saturated heterocycles. The third-order valence-electron chi connectivity index (χ3n) is 1.34. The minimum atomic E-state index is 0.256. The summed E-state index contributed by atoms with van der Waals surface area (Å²) < 4.78 is 5.03. The summed E-state index contributed by atoms with van der Waals surface area (Å²) in [6, 6.07) is 1.99. The summed E-state index contributed by atoms with van der Waals surface area (Å²) >= 11 is 4.87. The zero-order valence-corrected chi connectivity index (χ0v) is 8.29. The molecular weight excluding hydrogens is 172 g/mol. The molecule has 0 amide bonds. The van der Waals surface area contributed by atoms with Crippen LogP contribution in [-0.2, 0) is 4.74 Å². The van der Waals surface area contributed by atoms with Gasteiger partial charge in [-0.2, -0.15) is 5.26 Å². The van der Waals surface area contributed by atoms with Crippen LogP contribution >= 0.6 is 12.2 Å². The van der Waals surface area contributed by atoms with Gasteiger partial charge in [-0.05, 0) is 26.1 Å². The first-order valence-corrected chi connectivity index (χ1v) is 4.04. The standard InChI is InChI=1S/C8H12N2OS/c1-4-11-8(12)7(5-9)6(2)10-3/h10H,4H2,1-3H3. The molecule has 0 unspecified atom stereocenters. The van der Waals surface area contributed by atoms with Gasteiger partial charge in [0.15, 0.2) is 0 Å².